The highest BCUT2D eigenvalue weighted by molar-refractivity contribution is 5.93. The Balaban J connectivity index is 1.68. The molecule has 2 N–H and O–H groups in total. The monoisotopic (exact) mass is 340 g/mol. The van der Waals surface area contributed by atoms with Crippen molar-refractivity contribution in [3.05, 3.63) is 58.6 Å². The number of oxazole rings is 1. The molecule has 1 aromatic heterocycles. The van der Waals surface area contributed by atoms with Crippen LogP contribution < -0.4 is 15.8 Å². The van der Waals surface area contributed by atoms with Crippen LogP contribution in [0.3, 0.4) is 0 Å². The molecule has 0 radical (unpaired) electrons. The van der Waals surface area contributed by atoms with Gasteiger partial charge in [-0.1, -0.05) is 39.0 Å². The lowest BCUT2D eigenvalue weighted by atomic mass is 9.86. The van der Waals surface area contributed by atoms with E-state index in [9.17, 15) is 9.59 Å². The topological polar surface area (TPSA) is 84.3 Å². The van der Waals surface area contributed by atoms with Crippen LogP contribution in [0, 0.1) is 0 Å². The molecule has 1 amide bonds. The molecule has 1 heterocycles. The van der Waals surface area contributed by atoms with Crippen molar-refractivity contribution in [2.75, 3.05) is 11.9 Å². The van der Waals surface area contributed by atoms with Gasteiger partial charge in [-0.3, -0.25) is 9.78 Å². The smallest absolute Gasteiger partial charge is 0.417 e. The number of aromatic amines is 1. The second-order valence-electron chi connectivity index (χ2n) is 6.81. The molecule has 0 atom stereocenters. The molecule has 0 saturated heterocycles. The first kappa shape index (κ1) is 16.8. The number of para-hydroxylation sites is 1. The van der Waals surface area contributed by atoms with Crippen molar-refractivity contribution in [3.8, 4) is 5.75 Å². The number of hydrogen-bond acceptors (Lipinski definition) is 4. The van der Waals surface area contributed by atoms with Gasteiger partial charge in [0.05, 0.1) is 5.52 Å². The molecule has 130 valence electrons. The SMILES string of the molecule is CC(C)(C)c1ccccc1OCC(=O)Nc1ccc2oc(=O)[nH]c2c1. The molecule has 0 aliphatic rings. The van der Waals surface area contributed by atoms with Crippen LogP contribution in [0.4, 0.5) is 5.69 Å². The van der Waals surface area contributed by atoms with E-state index in [4.69, 9.17) is 9.15 Å². The van der Waals surface area contributed by atoms with Gasteiger partial charge in [0.2, 0.25) is 0 Å². The van der Waals surface area contributed by atoms with Crippen LogP contribution in [0.5, 0.6) is 5.75 Å². The number of fused-ring (bicyclic) bond motifs is 1. The van der Waals surface area contributed by atoms with Crippen molar-refractivity contribution in [2.45, 2.75) is 26.2 Å². The molecule has 3 rings (SSSR count). The molecule has 6 heteroatoms. The summed E-state index contributed by atoms with van der Waals surface area (Å²) in [5.74, 6) is -0.116. The number of H-pyrrole nitrogens is 1. The molecule has 0 bridgehead atoms. The van der Waals surface area contributed by atoms with E-state index in [1.807, 2.05) is 24.3 Å². The molecule has 0 aliphatic heterocycles. The van der Waals surface area contributed by atoms with Crippen LogP contribution in [0.25, 0.3) is 11.1 Å². The summed E-state index contributed by atoms with van der Waals surface area (Å²) in [6.45, 7) is 6.18. The van der Waals surface area contributed by atoms with Gasteiger partial charge in [-0.05, 0) is 35.2 Å². The maximum absolute atomic E-state index is 12.2. The Morgan fingerprint density at radius 2 is 1.96 bits per heavy atom. The van der Waals surface area contributed by atoms with Gasteiger partial charge in [0.1, 0.15) is 5.75 Å². The van der Waals surface area contributed by atoms with E-state index in [0.29, 0.717) is 22.5 Å². The van der Waals surface area contributed by atoms with Gasteiger partial charge in [-0.2, -0.15) is 0 Å². The highest BCUT2D eigenvalue weighted by Gasteiger charge is 2.19. The number of amides is 1. The minimum atomic E-state index is -0.527. The van der Waals surface area contributed by atoms with E-state index in [1.165, 1.54) is 0 Å². The first-order valence-corrected chi connectivity index (χ1v) is 7.98. The fraction of sp³-hybridized carbons (Fsp3) is 0.263. The highest BCUT2D eigenvalue weighted by atomic mass is 16.5. The minimum Gasteiger partial charge on any atom is -0.483 e. The first-order valence-electron chi connectivity index (χ1n) is 7.98. The van der Waals surface area contributed by atoms with E-state index in [1.54, 1.807) is 18.2 Å². The van der Waals surface area contributed by atoms with Crippen molar-refractivity contribution in [3.63, 3.8) is 0 Å². The van der Waals surface area contributed by atoms with Crippen molar-refractivity contribution in [1.29, 1.82) is 0 Å². The number of benzene rings is 2. The average molecular weight is 340 g/mol. The maximum atomic E-state index is 12.2. The van der Waals surface area contributed by atoms with Crippen LogP contribution in [-0.4, -0.2) is 17.5 Å². The van der Waals surface area contributed by atoms with Crippen LogP contribution in [0.2, 0.25) is 0 Å². The van der Waals surface area contributed by atoms with E-state index in [-0.39, 0.29) is 17.9 Å². The van der Waals surface area contributed by atoms with Gasteiger partial charge in [0.15, 0.2) is 12.2 Å². The van der Waals surface area contributed by atoms with E-state index in [2.05, 4.69) is 31.1 Å². The lowest BCUT2D eigenvalue weighted by Crippen LogP contribution is -2.21. The maximum Gasteiger partial charge on any atom is 0.417 e. The Morgan fingerprint density at radius 1 is 1.20 bits per heavy atom. The molecule has 25 heavy (non-hydrogen) atoms. The van der Waals surface area contributed by atoms with Crippen LogP contribution in [0.1, 0.15) is 26.3 Å². The average Bonchev–Trinajstić information content (AvgIpc) is 2.91. The lowest BCUT2D eigenvalue weighted by molar-refractivity contribution is -0.118. The Morgan fingerprint density at radius 3 is 2.72 bits per heavy atom. The lowest BCUT2D eigenvalue weighted by Gasteiger charge is -2.22. The number of anilines is 1. The molecular weight excluding hydrogens is 320 g/mol. The summed E-state index contributed by atoms with van der Waals surface area (Å²) in [7, 11) is 0. The summed E-state index contributed by atoms with van der Waals surface area (Å²) in [6, 6.07) is 12.6. The molecule has 0 spiro atoms. The van der Waals surface area contributed by atoms with Gasteiger partial charge in [-0.15, -0.1) is 0 Å². The van der Waals surface area contributed by atoms with Gasteiger partial charge in [0, 0.05) is 5.69 Å². The van der Waals surface area contributed by atoms with Crippen molar-refractivity contribution >= 4 is 22.7 Å². The normalized spacial score (nSPS) is 11.5. The second-order valence-corrected chi connectivity index (χ2v) is 6.81. The largest absolute Gasteiger partial charge is 0.483 e. The summed E-state index contributed by atoms with van der Waals surface area (Å²) in [4.78, 5) is 25.9. The van der Waals surface area contributed by atoms with Crippen molar-refractivity contribution in [2.24, 2.45) is 0 Å². The molecule has 0 unspecified atom stereocenters. The van der Waals surface area contributed by atoms with Crippen LogP contribution in [-0.2, 0) is 10.2 Å². The van der Waals surface area contributed by atoms with Crippen molar-refractivity contribution < 1.29 is 13.9 Å². The van der Waals surface area contributed by atoms with Crippen molar-refractivity contribution in [1.82, 2.24) is 4.98 Å². The first-order chi connectivity index (χ1) is 11.8. The minimum absolute atomic E-state index is 0.0781. The zero-order valence-corrected chi connectivity index (χ0v) is 14.4. The van der Waals surface area contributed by atoms with E-state index in [0.717, 1.165) is 5.56 Å². The zero-order chi connectivity index (χ0) is 18.0. The van der Waals surface area contributed by atoms with E-state index < -0.39 is 5.76 Å². The van der Waals surface area contributed by atoms with Crippen LogP contribution >= 0.6 is 0 Å². The summed E-state index contributed by atoms with van der Waals surface area (Å²) in [5.41, 5.74) is 2.49. The molecular formula is C19H20N2O4. The fourth-order valence-corrected chi connectivity index (χ4v) is 2.58. The predicted molar refractivity (Wildman–Crippen MR) is 96.1 cm³/mol. The number of carbonyl (C=O) groups is 1. The van der Waals surface area contributed by atoms with E-state index >= 15 is 0 Å². The number of nitrogens with one attached hydrogen (secondary N) is 2. The molecule has 0 fully saturated rings. The summed E-state index contributed by atoms with van der Waals surface area (Å²) in [5, 5.41) is 2.74. The number of hydrogen-bond donors (Lipinski definition) is 2. The molecule has 0 aliphatic carbocycles. The fourth-order valence-electron chi connectivity index (χ4n) is 2.58. The summed E-state index contributed by atoms with van der Waals surface area (Å²) in [6.07, 6.45) is 0. The molecule has 2 aromatic carbocycles. The Labute approximate surface area is 144 Å². The standard InChI is InChI=1S/C19H20N2O4/c1-19(2,3)13-6-4-5-7-15(13)24-11-17(22)20-12-8-9-16-14(10-12)21-18(23)25-16/h4-10H,11H2,1-3H3,(H,20,22)(H,21,23). The second kappa shape index (κ2) is 6.47. The van der Waals surface area contributed by atoms with Gasteiger partial charge >= 0.3 is 5.76 Å². The molecule has 6 nitrogen and oxygen atoms in total. The highest BCUT2D eigenvalue weighted by Crippen LogP contribution is 2.30. The Kier molecular flexibility index (Phi) is 4.35. The van der Waals surface area contributed by atoms with Crippen LogP contribution in [0.15, 0.2) is 51.7 Å². The third-order valence-corrected chi connectivity index (χ3v) is 3.76. The third kappa shape index (κ3) is 3.91. The summed E-state index contributed by atoms with van der Waals surface area (Å²) < 4.78 is 10.6. The Bertz CT molecular complexity index is 963. The third-order valence-electron chi connectivity index (χ3n) is 3.76. The van der Waals surface area contributed by atoms with Gasteiger partial charge in [0.25, 0.3) is 5.91 Å². The number of rotatable bonds is 4. The number of ether oxygens (including phenoxy) is 1. The quantitative estimate of drug-likeness (QED) is 0.762. The van der Waals surface area contributed by atoms with Gasteiger partial charge in [-0.25, -0.2) is 4.79 Å². The number of carbonyl (C=O) groups excluding carboxylic acids is 1. The predicted octanol–water partition coefficient (Wildman–Crippen LogP) is 3.44. The molecule has 0 saturated carbocycles. The number of aromatic nitrogens is 1. The zero-order valence-electron chi connectivity index (χ0n) is 14.4. The Hall–Kier alpha value is -3.02. The van der Waals surface area contributed by atoms with Gasteiger partial charge < -0.3 is 14.5 Å². The molecule has 3 aromatic rings. The summed E-state index contributed by atoms with van der Waals surface area (Å²) >= 11 is 0.